The lowest BCUT2D eigenvalue weighted by molar-refractivity contribution is 0.0928. The van der Waals surface area contributed by atoms with Gasteiger partial charge in [-0.15, -0.1) is 0 Å². The molecule has 0 aliphatic rings. The van der Waals surface area contributed by atoms with Gasteiger partial charge in [0.2, 0.25) is 0 Å². The zero-order valence-corrected chi connectivity index (χ0v) is 17.8. The minimum atomic E-state index is -0.728. The number of rotatable bonds is 6. The number of benzene rings is 3. The minimum absolute atomic E-state index is 0.207. The van der Waals surface area contributed by atoms with E-state index in [0.29, 0.717) is 12.2 Å². The van der Waals surface area contributed by atoms with Crippen molar-refractivity contribution in [2.45, 2.75) is 19.4 Å². The number of imidazole rings is 1. The van der Waals surface area contributed by atoms with Gasteiger partial charge < -0.3 is 9.88 Å². The van der Waals surface area contributed by atoms with Crippen LogP contribution in [0, 0.1) is 11.6 Å². The number of amides is 1. The summed E-state index contributed by atoms with van der Waals surface area (Å²) in [6, 6.07) is 22.0. The lowest BCUT2D eigenvalue weighted by atomic mass is 10.0. The molecule has 1 amide bonds. The van der Waals surface area contributed by atoms with Gasteiger partial charge in [-0.25, -0.2) is 13.8 Å². The Morgan fingerprint density at radius 2 is 1.53 bits per heavy atom. The molecule has 1 heterocycles. The fraction of sp³-hybridized carbons (Fsp3) is 0.154. The first kappa shape index (κ1) is 21.4. The van der Waals surface area contributed by atoms with E-state index in [1.807, 2.05) is 67.6 Å². The third-order valence-electron chi connectivity index (χ3n) is 5.39. The molecule has 3 aromatic carbocycles. The molecule has 0 spiro atoms. The summed E-state index contributed by atoms with van der Waals surface area (Å²) in [5.41, 5.74) is 2.45. The number of nitrogens with zero attached hydrogens (tertiary/aromatic N) is 2. The maximum atomic E-state index is 14.0. The highest BCUT2D eigenvalue weighted by molar-refractivity contribution is 5.99. The molecular formula is C26H23F2N3O. The topological polar surface area (TPSA) is 46.9 Å². The van der Waals surface area contributed by atoms with Crippen LogP contribution >= 0.6 is 0 Å². The van der Waals surface area contributed by atoms with E-state index in [1.165, 1.54) is 12.1 Å². The molecule has 32 heavy (non-hydrogen) atoms. The predicted octanol–water partition coefficient (Wildman–Crippen LogP) is 5.91. The Bertz CT molecular complexity index is 1220. The average molecular weight is 431 g/mol. The highest BCUT2D eigenvalue weighted by Crippen LogP contribution is 2.30. The zero-order valence-electron chi connectivity index (χ0n) is 17.8. The summed E-state index contributed by atoms with van der Waals surface area (Å²) < 4.78 is 29.6. The van der Waals surface area contributed by atoms with E-state index in [0.717, 1.165) is 17.2 Å². The van der Waals surface area contributed by atoms with Gasteiger partial charge in [-0.2, -0.15) is 0 Å². The summed E-state index contributed by atoms with van der Waals surface area (Å²) in [5, 5.41) is 3.06. The van der Waals surface area contributed by atoms with Crippen molar-refractivity contribution in [2.24, 2.45) is 7.05 Å². The van der Waals surface area contributed by atoms with Crippen LogP contribution in [0.2, 0.25) is 0 Å². The molecule has 1 atom stereocenters. The highest BCUT2D eigenvalue weighted by atomic mass is 19.1. The maximum absolute atomic E-state index is 14.0. The summed E-state index contributed by atoms with van der Waals surface area (Å²) in [7, 11) is 1.73. The van der Waals surface area contributed by atoms with E-state index in [9.17, 15) is 13.6 Å². The van der Waals surface area contributed by atoms with E-state index in [4.69, 9.17) is 0 Å². The number of carbonyl (C=O) groups excluding carboxylic acids is 1. The van der Waals surface area contributed by atoms with Gasteiger partial charge in [0.25, 0.3) is 5.91 Å². The number of halogens is 2. The Kier molecular flexibility index (Phi) is 6.12. The number of nitrogens with one attached hydrogen (secondary N) is 1. The number of hydrogen-bond acceptors (Lipinski definition) is 2. The second kappa shape index (κ2) is 9.14. The Balaban J connectivity index is 1.82. The third-order valence-corrected chi connectivity index (χ3v) is 5.39. The van der Waals surface area contributed by atoms with Crippen molar-refractivity contribution in [2.75, 3.05) is 0 Å². The van der Waals surface area contributed by atoms with Crippen LogP contribution in [0.1, 0.15) is 35.4 Å². The van der Waals surface area contributed by atoms with Crippen molar-refractivity contribution in [3.05, 3.63) is 102 Å². The molecule has 1 N–H and O–H groups in total. The molecule has 6 heteroatoms. The van der Waals surface area contributed by atoms with Crippen LogP contribution in [0.15, 0.2) is 78.9 Å². The van der Waals surface area contributed by atoms with Gasteiger partial charge in [-0.3, -0.25) is 4.79 Å². The molecule has 162 valence electrons. The first-order valence-electron chi connectivity index (χ1n) is 10.4. The quantitative estimate of drug-likeness (QED) is 0.412. The maximum Gasteiger partial charge on any atom is 0.270 e. The van der Waals surface area contributed by atoms with Crippen molar-refractivity contribution < 1.29 is 13.6 Å². The second-order valence-corrected chi connectivity index (χ2v) is 7.56. The molecule has 4 nitrogen and oxygen atoms in total. The molecule has 0 aliphatic heterocycles. The van der Waals surface area contributed by atoms with Crippen molar-refractivity contribution in [3.63, 3.8) is 0 Å². The van der Waals surface area contributed by atoms with Crippen molar-refractivity contribution in [1.29, 1.82) is 0 Å². The van der Waals surface area contributed by atoms with E-state index >= 15 is 0 Å². The van der Waals surface area contributed by atoms with E-state index in [-0.39, 0.29) is 28.9 Å². The number of aromatic nitrogens is 2. The Morgan fingerprint density at radius 3 is 2.12 bits per heavy atom. The van der Waals surface area contributed by atoms with E-state index in [1.54, 1.807) is 11.6 Å². The summed E-state index contributed by atoms with van der Waals surface area (Å²) in [5.74, 6) is -1.29. The first-order chi connectivity index (χ1) is 15.5. The molecule has 0 saturated heterocycles. The molecule has 1 unspecified atom stereocenters. The van der Waals surface area contributed by atoms with Crippen LogP contribution in [-0.4, -0.2) is 15.5 Å². The molecule has 0 saturated carbocycles. The monoisotopic (exact) mass is 431 g/mol. The Hall–Kier alpha value is -3.80. The second-order valence-electron chi connectivity index (χ2n) is 7.56. The molecule has 0 fully saturated rings. The Labute approximate surface area is 185 Å². The van der Waals surface area contributed by atoms with Crippen molar-refractivity contribution >= 4 is 5.91 Å². The van der Waals surface area contributed by atoms with Crippen LogP contribution < -0.4 is 5.32 Å². The molecule has 1 aromatic heterocycles. The summed E-state index contributed by atoms with van der Waals surface area (Å²) in [6.45, 7) is 1.99. The summed E-state index contributed by atoms with van der Waals surface area (Å²) in [6.07, 6.45) is 0.684. The number of carbonyl (C=O) groups is 1. The largest absolute Gasteiger partial charge is 0.344 e. The van der Waals surface area contributed by atoms with Gasteiger partial charge in [0.05, 0.1) is 6.04 Å². The highest BCUT2D eigenvalue weighted by Gasteiger charge is 2.25. The van der Waals surface area contributed by atoms with Crippen LogP contribution in [0.5, 0.6) is 0 Å². The lowest BCUT2D eigenvalue weighted by Gasteiger charge is -2.18. The van der Waals surface area contributed by atoms with E-state index in [2.05, 4.69) is 10.3 Å². The van der Waals surface area contributed by atoms with Crippen molar-refractivity contribution in [3.8, 4) is 22.6 Å². The molecule has 4 rings (SSSR count). The lowest BCUT2D eigenvalue weighted by Crippen LogP contribution is -2.30. The molecule has 0 radical (unpaired) electrons. The van der Waals surface area contributed by atoms with Gasteiger partial charge in [-0.1, -0.05) is 67.6 Å². The fourth-order valence-corrected chi connectivity index (χ4v) is 3.83. The van der Waals surface area contributed by atoms with Gasteiger partial charge in [0.1, 0.15) is 28.8 Å². The van der Waals surface area contributed by atoms with Crippen LogP contribution in [-0.2, 0) is 7.05 Å². The predicted molar refractivity (Wildman–Crippen MR) is 121 cm³/mol. The van der Waals surface area contributed by atoms with Crippen LogP contribution in [0.4, 0.5) is 8.78 Å². The molecule has 0 bridgehead atoms. The summed E-state index contributed by atoms with van der Waals surface area (Å²) >= 11 is 0. The van der Waals surface area contributed by atoms with Gasteiger partial charge in [-0.05, 0) is 24.1 Å². The fourth-order valence-electron chi connectivity index (χ4n) is 3.83. The molecule has 0 aliphatic carbocycles. The van der Waals surface area contributed by atoms with Gasteiger partial charge >= 0.3 is 0 Å². The Morgan fingerprint density at radius 1 is 0.938 bits per heavy atom. The molecule has 4 aromatic rings. The third kappa shape index (κ3) is 4.30. The van der Waals surface area contributed by atoms with Gasteiger partial charge in [0.15, 0.2) is 0 Å². The van der Waals surface area contributed by atoms with Gasteiger partial charge in [0, 0.05) is 24.2 Å². The zero-order chi connectivity index (χ0) is 22.7. The SMILES string of the molecule is CCC(NC(=O)c1c(-c2cc(F)cc(F)c2)nc(-c2ccccc2)n1C)c1ccccc1. The summed E-state index contributed by atoms with van der Waals surface area (Å²) in [4.78, 5) is 18.1. The van der Waals surface area contributed by atoms with E-state index < -0.39 is 11.6 Å². The van der Waals surface area contributed by atoms with Crippen LogP contribution in [0.25, 0.3) is 22.6 Å². The standard InChI is InChI=1S/C26H23F2N3O/c1-3-22(17-10-6-4-7-11-17)29-26(32)24-23(19-14-20(27)16-21(28)15-19)30-25(31(24)2)18-12-8-5-9-13-18/h4-16,22H,3H2,1-2H3,(H,29,32). The van der Waals surface area contributed by atoms with Crippen LogP contribution in [0.3, 0.4) is 0 Å². The molecular weight excluding hydrogens is 408 g/mol. The average Bonchev–Trinajstić information content (AvgIpc) is 3.15. The first-order valence-corrected chi connectivity index (χ1v) is 10.4. The smallest absolute Gasteiger partial charge is 0.270 e. The van der Waals surface area contributed by atoms with Crippen molar-refractivity contribution in [1.82, 2.24) is 14.9 Å². The number of hydrogen-bond donors (Lipinski definition) is 1. The normalized spacial score (nSPS) is 11.9. The minimum Gasteiger partial charge on any atom is -0.344 e.